The van der Waals surface area contributed by atoms with Gasteiger partial charge < -0.3 is 5.32 Å². The topological polar surface area (TPSA) is 29.9 Å². The highest BCUT2D eigenvalue weighted by atomic mass is 79.9. The highest BCUT2D eigenvalue weighted by molar-refractivity contribution is 9.10. The summed E-state index contributed by atoms with van der Waals surface area (Å²) in [7, 11) is 0. The second kappa shape index (κ2) is 7.63. The normalized spacial score (nSPS) is 12.6. The van der Waals surface area contributed by atoms with E-state index in [-0.39, 0.29) is 6.04 Å². The van der Waals surface area contributed by atoms with Gasteiger partial charge in [-0.2, -0.15) is 5.10 Å². The van der Waals surface area contributed by atoms with Crippen LogP contribution in [0.5, 0.6) is 0 Å². The molecule has 0 saturated carbocycles. The van der Waals surface area contributed by atoms with E-state index >= 15 is 0 Å². The van der Waals surface area contributed by atoms with Gasteiger partial charge in [0, 0.05) is 16.6 Å². The molecule has 1 unspecified atom stereocenters. The van der Waals surface area contributed by atoms with Crippen molar-refractivity contribution in [2.45, 2.75) is 32.9 Å². The van der Waals surface area contributed by atoms with Gasteiger partial charge in [0.1, 0.15) is 0 Å². The summed E-state index contributed by atoms with van der Waals surface area (Å²) in [6.07, 6.45) is 2.63. The Balaban J connectivity index is 2.33. The zero-order valence-corrected chi connectivity index (χ0v) is 15.1. The average Bonchev–Trinajstić information content (AvgIpc) is 2.82. The molecule has 6 heteroatoms. The Morgan fingerprint density at radius 3 is 2.71 bits per heavy atom. The molecule has 1 heterocycles. The lowest BCUT2D eigenvalue weighted by molar-refractivity contribution is 0.488. The molecule has 1 N–H and O–H groups in total. The molecule has 0 saturated heterocycles. The maximum Gasteiger partial charge on any atom is 0.0698 e. The second-order valence-electron chi connectivity index (χ2n) is 4.74. The van der Waals surface area contributed by atoms with E-state index < -0.39 is 0 Å². The summed E-state index contributed by atoms with van der Waals surface area (Å²) in [4.78, 5) is 0. The maximum atomic E-state index is 6.30. The molecule has 1 atom stereocenters. The molecule has 1 aromatic heterocycles. The first-order valence-electron chi connectivity index (χ1n) is 6.95. The van der Waals surface area contributed by atoms with Crippen LogP contribution in [-0.4, -0.2) is 16.3 Å². The number of nitrogens with one attached hydrogen (secondary N) is 1. The summed E-state index contributed by atoms with van der Waals surface area (Å²) in [5.74, 6) is 0. The first kappa shape index (κ1) is 16.8. The van der Waals surface area contributed by atoms with Crippen LogP contribution in [0.3, 0.4) is 0 Å². The zero-order valence-electron chi connectivity index (χ0n) is 12.0. The van der Waals surface area contributed by atoms with Crippen LogP contribution in [0.2, 0.25) is 10.0 Å². The molecular formula is C15H18BrCl2N3. The van der Waals surface area contributed by atoms with Crippen LogP contribution in [0, 0.1) is 0 Å². The number of nitrogens with zero attached hydrogens (tertiary/aromatic N) is 2. The molecule has 1 aromatic carbocycles. The Labute approximate surface area is 143 Å². The van der Waals surface area contributed by atoms with E-state index in [9.17, 15) is 0 Å². The lowest BCUT2D eigenvalue weighted by Gasteiger charge is -2.20. The first-order valence-corrected chi connectivity index (χ1v) is 8.50. The van der Waals surface area contributed by atoms with Gasteiger partial charge in [-0.15, -0.1) is 0 Å². The Morgan fingerprint density at radius 2 is 2.10 bits per heavy atom. The lowest BCUT2D eigenvalue weighted by Crippen LogP contribution is -2.26. The fourth-order valence-electron chi connectivity index (χ4n) is 2.39. The van der Waals surface area contributed by atoms with Crippen LogP contribution in [0.25, 0.3) is 0 Å². The number of rotatable bonds is 6. The van der Waals surface area contributed by atoms with E-state index in [0.717, 1.165) is 35.2 Å². The van der Waals surface area contributed by atoms with Gasteiger partial charge in [0.15, 0.2) is 0 Å². The standard InChI is InChI=1S/C15H18BrCl2N3/c1-3-19-14(15-12(16)9-20-21(15)4-2)7-10-5-6-11(17)8-13(10)18/h5-6,8-9,14,19H,3-4,7H2,1-2H3. The molecule has 2 aromatic rings. The van der Waals surface area contributed by atoms with Crippen molar-refractivity contribution in [2.75, 3.05) is 6.54 Å². The monoisotopic (exact) mass is 389 g/mol. The molecule has 0 bridgehead atoms. The molecule has 114 valence electrons. The van der Waals surface area contributed by atoms with E-state index in [1.165, 1.54) is 0 Å². The SMILES string of the molecule is CCNC(Cc1ccc(Cl)cc1Cl)c1c(Br)cnn1CC. The largest absolute Gasteiger partial charge is 0.309 e. The number of benzene rings is 1. The van der Waals surface area contributed by atoms with Crippen LogP contribution in [0.15, 0.2) is 28.9 Å². The van der Waals surface area contributed by atoms with Crippen molar-refractivity contribution in [3.05, 3.63) is 50.2 Å². The lowest BCUT2D eigenvalue weighted by atomic mass is 10.0. The van der Waals surface area contributed by atoms with E-state index in [0.29, 0.717) is 10.0 Å². The summed E-state index contributed by atoms with van der Waals surface area (Å²) < 4.78 is 3.02. The highest BCUT2D eigenvalue weighted by Crippen LogP contribution is 2.29. The van der Waals surface area contributed by atoms with Gasteiger partial charge in [-0.25, -0.2) is 0 Å². The van der Waals surface area contributed by atoms with Crippen LogP contribution >= 0.6 is 39.1 Å². The Bertz CT molecular complexity index is 613. The summed E-state index contributed by atoms with van der Waals surface area (Å²) >= 11 is 15.9. The Morgan fingerprint density at radius 1 is 1.33 bits per heavy atom. The molecule has 0 aliphatic heterocycles. The van der Waals surface area contributed by atoms with Crippen LogP contribution < -0.4 is 5.32 Å². The number of halogens is 3. The second-order valence-corrected chi connectivity index (χ2v) is 6.44. The number of aryl methyl sites for hydroxylation is 1. The number of hydrogen-bond donors (Lipinski definition) is 1. The molecule has 0 fully saturated rings. The average molecular weight is 391 g/mol. The van der Waals surface area contributed by atoms with Crippen LogP contribution in [0.4, 0.5) is 0 Å². The smallest absolute Gasteiger partial charge is 0.0698 e. The minimum absolute atomic E-state index is 0.144. The van der Waals surface area contributed by atoms with E-state index in [1.54, 1.807) is 6.07 Å². The van der Waals surface area contributed by atoms with Gasteiger partial charge in [-0.1, -0.05) is 36.2 Å². The van der Waals surface area contributed by atoms with Gasteiger partial charge in [-0.05, 0) is 53.5 Å². The molecule has 0 spiro atoms. The van der Waals surface area contributed by atoms with Gasteiger partial charge in [0.05, 0.1) is 22.4 Å². The minimum atomic E-state index is 0.144. The van der Waals surface area contributed by atoms with E-state index in [1.807, 2.05) is 23.0 Å². The van der Waals surface area contributed by atoms with E-state index in [4.69, 9.17) is 23.2 Å². The Kier molecular flexibility index (Phi) is 6.11. The van der Waals surface area contributed by atoms with Crippen molar-refractivity contribution in [2.24, 2.45) is 0 Å². The predicted molar refractivity (Wildman–Crippen MR) is 92.2 cm³/mol. The van der Waals surface area contributed by atoms with Gasteiger partial charge >= 0.3 is 0 Å². The van der Waals surface area contributed by atoms with Crippen molar-refractivity contribution in [3.63, 3.8) is 0 Å². The predicted octanol–water partition coefficient (Wildman–Crippen LogP) is 4.87. The highest BCUT2D eigenvalue weighted by Gasteiger charge is 2.20. The van der Waals surface area contributed by atoms with E-state index in [2.05, 4.69) is 40.2 Å². The Hall–Kier alpha value is -0.550. The van der Waals surface area contributed by atoms with Crippen molar-refractivity contribution < 1.29 is 0 Å². The molecule has 21 heavy (non-hydrogen) atoms. The van der Waals surface area contributed by atoms with Crippen molar-refractivity contribution in [1.29, 1.82) is 0 Å². The molecule has 0 aliphatic rings. The summed E-state index contributed by atoms with van der Waals surface area (Å²) in [6, 6.07) is 5.78. The summed E-state index contributed by atoms with van der Waals surface area (Å²) in [5, 5.41) is 9.25. The zero-order chi connectivity index (χ0) is 15.4. The van der Waals surface area contributed by atoms with Crippen molar-refractivity contribution in [1.82, 2.24) is 15.1 Å². The minimum Gasteiger partial charge on any atom is -0.309 e. The molecule has 2 rings (SSSR count). The molecule has 0 aliphatic carbocycles. The third-order valence-corrected chi connectivity index (χ3v) is 4.55. The number of likely N-dealkylation sites (N-methyl/N-ethyl adjacent to an activating group) is 1. The fraction of sp³-hybridized carbons (Fsp3) is 0.400. The summed E-state index contributed by atoms with van der Waals surface area (Å²) in [6.45, 7) is 5.88. The number of aromatic nitrogens is 2. The third kappa shape index (κ3) is 4.01. The van der Waals surface area contributed by atoms with Crippen LogP contribution in [-0.2, 0) is 13.0 Å². The molecule has 0 radical (unpaired) electrons. The molecular weight excluding hydrogens is 373 g/mol. The third-order valence-electron chi connectivity index (χ3n) is 3.35. The number of hydrogen-bond acceptors (Lipinski definition) is 2. The van der Waals surface area contributed by atoms with Gasteiger partial charge in [0.2, 0.25) is 0 Å². The van der Waals surface area contributed by atoms with Crippen molar-refractivity contribution >= 4 is 39.1 Å². The summed E-state index contributed by atoms with van der Waals surface area (Å²) in [5.41, 5.74) is 2.22. The quantitative estimate of drug-likeness (QED) is 0.762. The van der Waals surface area contributed by atoms with Gasteiger partial charge in [-0.3, -0.25) is 4.68 Å². The van der Waals surface area contributed by atoms with Crippen molar-refractivity contribution in [3.8, 4) is 0 Å². The molecule has 3 nitrogen and oxygen atoms in total. The van der Waals surface area contributed by atoms with Gasteiger partial charge in [0.25, 0.3) is 0 Å². The molecule has 0 amide bonds. The fourth-order valence-corrected chi connectivity index (χ4v) is 3.45. The van der Waals surface area contributed by atoms with Crippen LogP contribution in [0.1, 0.15) is 31.1 Å². The first-order chi connectivity index (χ1) is 10.1. The maximum absolute atomic E-state index is 6.30.